The largest absolute Gasteiger partial charge is 0.436 e. The average Bonchev–Trinajstić information content (AvgIpc) is 3.28. The molecule has 29 heavy (non-hydrogen) atoms. The van der Waals surface area contributed by atoms with Gasteiger partial charge in [-0.25, -0.2) is 9.37 Å². The summed E-state index contributed by atoms with van der Waals surface area (Å²) in [6.07, 6.45) is -2.27. The van der Waals surface area contributed by atoms with Gasteiger partial charge in [-0.05, 0) is 18.2 Å². The molecule has 0 spiro atoms. The molecule has 0 fully saturated rings. The topological polar surface area (TPSA) is 78.7 Å². The lowest BCUT2D eigenvalue weighted by Gasteiger charge is -2.14. The molecule has 4 heterocycles. The molecule has 0 aliphatic rings. The fourth-order valence-electron chi connectivity index (χ4n) is 3.39. The third kappa shape index (κ3) is 2.43. The lowest BCUT2D eigenvalue weighted by Crippen LogP contribution is -2.22. The maximum Gasteiger partial charge on any atom is 0.436 e. The molecule has 0 amide bonds. The minimum absolute atomic E-state index is 0.0201. The van der Waals surface area contributed by atoms with Crippen molar-refractivity contribution in [2.75, 3.05) is 0 Å². The molecule has 0 atom stereocenters. The molecular formula is C18H9F4N5O2. The number of benzene rings is 1. The molecule has 0 N–H and O–H groups in total. The number of pyridine rings is 2. The number of halogens is 4. The van der Waals surface area contributed by atoms with E-state index in [0.717, 1.165) is 10.6 Å². The summed E-state index contributed by atoms with van der Waals surface area (Å²) in [5.41, 5.74) is -2.28. The van der Waals surface area contributed by atoms with Gasteiger partial charge in [0.1, 0.15) is 5.65 Å². The van der Waals surface area contributed by atoms with Crippen LogP contribution in [0.15, 0.2) is 46.0 Å². The van der Waals surface area contributed by atoms with Crippen LogP contribution >= 0.6 is 0 Å². The first-order valence-electron chi connectivity index (χ1n) is 8.25. The van der Waals surface area contributed by atoms with Crippen LogP contribution in [0.1, 0.15) is 5.69 Å². The highest BCUT2D eigenvalue weighted by Crippen LogP contribution is 2.34. The summed E-state index contributed by atoms with van der Waals surface area (Å²) in [7, 11) is 1.55. The second-order valence-electron chi connectivity index (χ2n) is 6.41. The number of rotatable bonds is 1. The molecule has 4 aromatic heterocycles. The molecule has 0 bridgehead atoms. The van der Waals surface area contributed by atoms with E-state index in [-0.39, 0.29) is 27.6 Å². The van der Waals surface area contributed by atoms with E-state index in [1.165, 1.54) is 23.1 Å². The SMILES string of the molecule is Cn1cc2c(n1)c(=O)n(-c1cccc3oncc13)c1nc(C(F)(F)F)c(F)cc21. The first-order valence-corrected chi connectivity index (χ1v) is 8.25. The number of aryl methyl sites for hydroxylation is 1. The van der Waals surface area contributed by atoms with Crippen LogP contribution < -0.4 is 5.56 Å². The fraction of sp³-hybridized carbons (Fsp3) is 0.111. The van der Waals surface area contributed by atoms with E-state index in [2.05, 4.69) is 15.2 Å². The van der Waals surface area contributed by atoms with E-state index in [9.17, 15) is 22.4 Å². The standard InChI is InChI=1S/C18H9F4N5O2/c1-26-7-10-8-5-11(19)15(18(20,21)22)24-16(8)27(17(28)14(10)25-26)12-3-2-4-13-9(12)6-23-29-13/h2-7H,1H3. The summed E-state index contributed by atoms with van der Waals surface area (Å²) in [6, 6.07) is 5.37. The van der Waals surface area contributed by atoms with Gasteiger partial charge in [0.25, 0.3) is 5.56 Å². The van der Waals surface area contributed by atoms with Crippen molar-refractivity contribution < 1.29 is 22.1 Å². The predicted octanol–water partition coefficient (Wildman–Crippen LogP) is 3.57. The number of hydrogen-bond acceptors (Lipinski definition) is 5. The molecule has 0 aliphatic heterocycles. The Morgan fingerprint density at radius 3 is 2.69 bits per heavy atom. The molecule has 5 aromatic rings. The van der Waals surface area contributed by atoms with Crippen LogP contribution in [-0.4, -0.2) is 24.5 Å². The highest BCUT2D eigenvalue weighted by atomic mass is 19.4. The Balaban J connectivity index is 2.05. The van der Waals surface area contributed by atoms with E-state index < -0.39 is 23.2 Å². The molecule has 1 aromatic carbocycles. The average molecular weight is 403 g/mol. The second-order valence-corrected chi connectivity index (χ2v) is 6.41. The van der Waals surface area contributed by atoms with Gasteiger partial charge in [0.05, 0.1) is 17.3 Å². The lowest BCUT2D eigenvalue weighted by molar-refractivity contribution is -0.143. The zero-order chi connectivity index (χ0) is 20.5. The number of nitrogens with zero attached hydrogens (tertiary/aromatic N) is 5. The maximum absolute atomic E-state index is 14.3. The zero-order valence-electron chi connectivity index (χ0n) is 14.5. The highest BCUT2D eigenvalue weighted by Gasteiger charge is 2.37. The minimum atomic E-state index is -5.04. The van der Waals surface area contributed by atoms with Gasteiger partial charge in [0.2, 0.25) is 0 Å². The van der Waals surface area contributed by atoms with Gasteiger partial charge in [-0.15, -0.1) is 0 Å². The summed E-state index contributed by atoms with van der Waals surface area (Å²) in [5.74, 6) is -1.54. The lowest BCUT2D eigenvalue weighted by atomic mass is 10.1. The van der Waals surface area contributed by atoms with Crippen molar-refractivity contribution in [3.63, 3.8) is 0 Å². The van der Waals surface area contributed by atoms with Gasteiger partial charge >= 0.3 is 6.18 Å². The molecule has 0 aliphatic carbocycles. The van der Waals surface area contributed by atoms with Crippen molar-refractivity contribution in [3.8, 4) is 5.69 Å². The van der Waals surface area contributed by atoms with Crippen LogP contribution in [-0.2, 0) is 13.2 Å². The second kappa shape index (κ2) is 5.63. The van der Waals surface area contributed by atoms with Gasteiger partial charge in [-0.1, -0.05) is 11.2 Å². The van der Waals surface area contributed by atoms with Crippen molar-refractivity contribution in [2.45, 2.75) is 6.18 Å². The van der Waals surface area contributed by atoms with Gasteiger partial charge < -0.3 is 4.52 Å². The van der Waals surface area contributed by atoms with Crippen LogP contribution in [0.3, 0.4) is 0 Å². The summed E-state index contributed by atoms with van der Waals surface area (Å²) in [4.78, 5) is 16.7. The van der Waals surface area contributed by atoms with E-state index >= 15 is 0 Å². The monoisotopic (exact) mass is 403 g/mol. The van der Waals surface area contributed by atoms with Crippen LogP contribution in [0.25, 0.3) is 38.6 Å². The van der Waals surface area contributed by atoms with E-state index in [1.807, 2.05) is 0 Å². The maximum atomic E-state index is 14.3. The van der Waals surface area contributed by atoms with Crippen molar-refractivity contribution in [3.05, 3.63) is 58.5 Å². The van der Waals surface area contributed by atoms with Gasteiger partial charge in [-0.2, -0.15) is 18.3 Å². The van der Waals surface area contributed by atoms with Crippen LogP contribution in [0, 0.1) is 5.82 Å². The fourth-order valence-corrected chi connectivity index (χ4v) is 3.39. The molecule has 11 heteroatoms. The smallest absolute Gasteiger partial charge is 0.356 e. The molecule has 5 rings (SSSR count). The molecule has 146 valence electrons. The molecular weight excluding hydrogens is 394 g/mol. The van der Waals surface area contributed by atoms with E-state index in [4.69, 9.17) is 4.52 Å². The highest BCUT2D eigenvalue weighted by molar-refractivity contribution is 6.04. The van der Waals surface area contributed by atoms with E-state index in [1.54, 1.807) is 19.2 Å². The summed E-state index contributed by atoms with van der Waals surface area (Å²) in [5, 5.41) is 8.35. The normalized spacial score (nSPS) is 12.4. The Morgan fingerprint density at radius 1 is 1.14 bits per heavy atom. The third-order valence-electron chi connectivity index (χ3n) is 4.58. The number of alkyl halides is 3. The van der Waals surface area contributed by atoms with Gasteiger partial charge in [0, 0.05) is 24.0 Å². The molecule has 0 unspecified atom stereocenters. The Hall–Kier alpha value is -3.76. The zero-order valence-corrected chi connectivity index (χ0v) is 14.5. The Morgan fingerprint density at radius 2 is 1.93 bits per heavy atom. The van der Waals surface area contributed by atoms with Crippen molar-refractivity contribution >= 4 is 32.9 Å². The number of aromatic nitrogens is 5. The van der Waals surface area contributed by atoms with Crippen molar-refractivity contribution in [1.29, 1.82) is 0 Å². The van der Waals surface area contributed by atoms with Crippen molar-refractivity contribution in [1.82, 2.24) is 24.5 Å². The first kappa shape index (κ1) is 17.3. The molecule has 0 saturated heterocycles. The quantitative estimate of drug-likeness (QED) is 0.400. The van der Waals surface area contributed by atoms with Gasteiger partial charge in [0.15, 0.2) is 22.6 Å². The van der Waals surface area contributed by atoms with Crippen LogP contribution in [0.4, 0.5) is 17.6 Å². The minimum Gasteiger partial charge on any atom is -0.356 e. The van der Waals surface area contributed by atoms with Gasteiger partial charge in [-0.3, -0.25) is 14.0 Å². The summed E-state index contributed by atoms with van der Waals surface area (Å²) in [6.45, 7) is 0. The van der Waals surface area contributed by atoms with Crippen molar-refractivity contribution in [2.24, 2.45) is 7.05 Å². The van der Waals surface area contributed by atoms with Crippen LogP contribution in [0.5, 0.6) is 0 Å². The van der Waals surface area contributed by atoms with E-state index in [0.29, 0.717) is 11.0 Å². The third-order valence-corrected chi connectivity index (χ3v) is 4.58. The molecule has 0 saturated carbocycles. The number of hydrogen-bond donors (Lipinski definition) is 0. The van der Waals surface area contributed by atoms with Crippen LogP contribution in [0.2, 0.25) is 0 Å². The Bertz CT molecular complexity index is 1500. The summed E-state index contributed by atoms with van der Waals surface area (Å²) < 4.78 is 61.5. The Labute approximate surface area is 157 Å². The summed E-state index contributed by atoms with van der Waals surface area (Å²) >= 11 is 0. The number of fused-ring (bicyclic) bond motifs is 4. The first-order chi connectivity index (χ1) is 13.8. The Kier molecular flexibility index (Phi) is 3.37. The molecule has 0 radical (unpaired) electrons. The predicted molar refractivity (Wildman–Crippen MR) is 94.1 cm³/mol. The molecule has 7 nitrogen and oxygen atoms in total.